The summed E-state index contributed by atoms with van der Waals surface area (Å²) in [5.74, 6) is -0.325. The van der Waals surface area contributed by atoms with Crippen molar-refractivity contribution in [3.63, 3.8) is 0 Å². The summed E-state index contributed by atoms with van der Waals surface area (Å²) >= 11 is 0. The third kappa shape index (κ3) is 34.5. The third-order valence-electron chi connectivity index (χ3n) is 11.8. The van der Waals surface area contributed by atoms with Crippen molar-refractivity contribution in [1.29, 1.82) is 0 Å². The number of hydrogen-bond donors (Lipinski definition) is 4. The Balaban J connectivity index is 2.21. The van der Waals surface area contributed by atoms with Crippen LogP contribution in [0.5, 0.6) is 0 Å². The first kappa shape index (κ1) is 58.2. The zero-order chi connectivity index (χ0) is 45.0. The van der Waals surface area contributed by atoms with Gasteiger partial charge in [0.1, 0.15) is 30.5 Å². The SMILES string of the molecule is CC/C=C\C/C=C\C/C=C\C/C=C\CCCCCCCCC(=O)OC(COCCCCCCCCCCCCCCCCCCCCCC)COC1OC(CO)C(O)C(O)C1O. The average Bonchev–Trinajstić information content (AvgIpc) is 3.27. The van der Waals surface area contributed by atoms with Crippen molar-refractivity contribution in [2.45, 2.75) is 256 Å². The topological polar surface area (TPSA) is 135 Å². The van der Waals surface area contributed by atoms with Gasteiger partial charge in [0, 0.05) is 13.0 Å². The lowest BCUT2D eigenvalue weighted by molar-refractivity contribution is -0.305. The van der Waals surface area contributed by atoms with Gasteiger partial charge in [0.15, 0.2) is 6.29 Å². The number of aliphatic hydroxyl groups excluding tert-OH is 4. The Labute approximate surface area is 380 Å². The van der Waals surface area contributed by atoms with Gasteiger partial charge >= 0.3 is 5.97 Å². The number of hydrogen-bond acceptors (Lipinski definition) is 9. The van der Waals surface area contributed by atoms with Crippen LogP contribution in [0.2, 0.25) is 0 Å². The summed E-state index contributed by atoms with van der Waals surface area (Å²) in [7, 11) is 0. The Hall–Kier alpha value is -1.85. The van der Waals surface area contributed by atoms with Crippen LogP contribution in [-0.4, -0.2) is 89.6 Å². The van der Waals surface area contributed by atoms with Crippen molar-refractivity contribution >= 4 is 5.97 Å². The van der Waals surface area contributed by atoms with Gasteiger partial charge in [0.05, 0.1) is 19.8 Å². The van der Waals surface area contributed by atoms with E-state index in [1.165, 1.54) is 128 Å². The summed E-state index contributed by atoms with van der Waals surface area (Å²) in [6.45, 7) is 4.46. The van der Waals surface area contributed by atoms with E-state index in [0.29, 0.717) is 13.0 Å². The van der Waals surface area contributed by atoms with E-state index in [0.717, 1.165) is 70.6 Å². The van der Waals surface area contributed by atoms with E-state index in [2.05, 4.69) is 62.5 Å². The molecule has 0 radical (unpaired) electrons. The molecule has 0 aliphatic carbocycles. The van der Waals surface area contributed by atoms with Crippen molar-refractivity contribution in [2.75, 3.05) is 26.4 Å². The lowest BCUT2D eigenvalue weighted by Crippen LogP contribution is -2.59. The average molecular weight is 877 g/mol. The fourth-order valence-corrected chi connectivity index (χ4v) is 7.78. The number of esters is 1. The molecule has 1 heterocycles. The molecule has 1 rings (SSSR count). The maximum absolute atomic E-state index is 12.8. The molecule has 1 saturated heterocycles. The highest BCUT2D eigenvalue weighted by Gasteiger charge is 2.44. The fraction of sp³-hybridized carbons (Fsp3) is 0.830. The quantitative estimate of drug-likeness (QED) is 0.0268. The largest absolute Gasteiger partial charge is 0.457 e. The molecule has 0 aromatic heterocycles. The van der Waals surface area contributed by atoms with Crippen molar-refractivity contribution in [1.82, 2.24) is 0 Å². The predicted octanol–water partition coefficient (Wildman–Crippen LogP) is 12.5. The predicted molar refractivity (Wildman–Crippen MR) is 256 cm³/mol. The summed E-state index contributed by atoms with van der Waals surface area (Å²) in [5, 5.41) is 40.2. The fourth-order valence-electron chi connectivity index (χ4n) is 7.78. The first-order valence-corrected chi connectivity index (χ1v) is 25.7. The summed E-state index contributed by atoms with van der Waals surface area (Å²) in [6.07, 6.45) is 48.6. The second-order valence-corrected chi connectivity index (χ2v) is 17.6. The number of allylic oxidation sites excluding steroid dienone is 8. The van der Waals surface area contributed by atoms with E-state index >= 15 is 0 Å². The van der Waals surface area contributed by atoms with Crippen LogP contribution in [0.3, 0.4) is 0 Å². The lowest BCUT2D eigenvalue weighted by atomic mass is 9.99. The first-order chi connectivity index (χ1) is 30.4. The molecule has 9 nitrogen and oxygen atoms in total. The van der Waals surface area contributed by atoms with Crippen LogP contribution >= 0.6 is 0 Å². The van der Waals surface area contributed by atoms with Crippen LogP contribution in [0.15, 0.2) is 48.6 Å². The highest BCUT2D eigenvalue weighted by atomic mass is 16.7. The lowest BCUT2D eigenvalue weighted by Gasteiger charge is -2.39. The highest BCUT2D eigenvalue weighted by molar-refractivity contribution is 5.69. The maximum Gasteiger partial charge on any atom is 0.306 e. The number of unbranched alkanes of at least 4 members (excludes halogenated alkanes) is 25. The molecule has 0 bridgehead atoms. The number of carbonyl (C=O) groups excluding carboxylic acids is 1. The van der Waals surface area contributed by atoms with Crippen LogP contribution in [0, 0.1) is 0 Å². The maximum atomic E-state index is 12.8. The molecule has 4 N–H and O–H groups in total. The van der Waals surface area contributed by atoms with Gasteiger partial charge in [-0.1, -0.05) is 210 Å². The number of aliphatic hydroxyl groups is 4. The highest BCUT2D eigenvalue weighted by Crippen LogP contribution is 2.23. The molecule has 9 heteroatoms. The molecular formula is C53H96O9. The molecular weight excluding hydrogens is 781 g/mol. The summed E-state index contributed by atoms with van der Waals surface area (Å²) < 4.78 is 22.9. The zero-order valence-electron chi connectivity index (χ0n) is 39.9. The van der Waals surface area contributed by atoms with E-state index in [1.54, 1.807) is 0 Å². The molecule has 0 amide bonds. The number of rotatable bonds is 44. The van der Waals surface area contributed by atoms with E-state index < -0.39 is 43.4 Å². The number of carbonyl (C=O) groups is 1. The van der Waals surface area contributed by atoms with E-state index in [4.69, 9.17) is 18.9 Å². The minimum absolute atomic E-state index is 0.118. The first-order valence-electron chi connectivity index (χ1n) is 25.7. The van der Waals surface area contributed by atoms with Gasteiger partial charge in [-0.05, 0) is 51.4 Å². The molecule has 1 aliphatic rings. The van der Waals surface area contributed by atoms with Crippen LogP contribution in [0.4, 0.5) is 0 Å². The Bertz CT molecular complexity index is 1090. The Kier molecular flexibility index (Phi) is 41.6. The molecule has 6 atom stereocenters. The number of ether oxygens (including phenoxy) is 4. The second kappa shape index (κ2) is 44.4. The smallest absolute Gasteiger partial charge is 0.306 e. The van der Waals surface area contributed by atoms with Crippen molar-refractivity contribution < 1.29 is 44.2 Å². The van der Waals surface area contributed by atoms with Gasteiger partial charge in [-0.2, -0.15) is 0 Å². The molecule has 0 aromatic rings. The van der Waals surface area contributed by atoms with Crippen LogP contribution in [0.25, 0.3) is 0 Å². The second-order valence-electron chi connectivity index (χ2n) is 17.6. The summed E-state index contributed by atoms with van der Waals surface area (Å²) in [4.78, 5) is 12.8. The Morgan fingerprint density at radius 1 is 0.532 bits per heavy atom. The Morgan fingerprint density at radius 2 is 0.984 bits per heavy atom. The molecule has 62 heavy (non-hydrogen) atoms. The molecule has 0 spiro atoms. The Morgan fingerprint density at radius 3 is 1.48 bits per heavy atom. The normalized spacial score (nSPS) is 20.1. The van der Waals surface area contributed by atoms with Crippen molar-refractivity contribution in [3.05, 3.63) is 48.6 Å². The van der Waals surface area contributed by atoms with Crippen LogP contribution in [-0.2, 0) is 23.7 Å². The zero-order valence-corrected chi connectivity index (χ0v) is 39.9. The van der Waals surface area contributed by atoms with Crippen LogP contribution in [0.1, 0.15) is 219 Å². The molecule has 0 aromatic carbocycles. The molecule has 6 unspecified atom stereocenters. The van der Waals surface area contributed by atoms with Crippen LogP contribution < -0.4 is 0 Å². The standard InChI is InChI=1S/C53H96O9/c1-3-5-7-9-11-13-15-17-19-21-23-25-27-29-31-33-35-37-39-41-43-59-45-47(46-60-53-52(58)51(57)50(56)48(44-54)62-53)61-49(55)42-40-38-36-34-32-30-28-26-24-22-20-18-16-14-12-10-8-6-4-2/h6,8,12,14,18,20,24,26,47-48,50-54,56-58H,3-5,7,9-11,13,15-17,19,21-23,25,27-46H2,1-2H3/b8-6-,14-12-,20-18-,26-24-. The van der Waals surface area contributed by atoms with Gasteiger partial charge in [-0.15, -0.1) is 0 Å². The van der Waals surface area contributed by atoms with E-state index in [-0.39, 0.29) is 19.2 Å². The van der Waals surface area contributed by atoms with Crippen molar-refractivity contribution in [2.24, 2.45) is 0 Å². The minimum Gasteiger partial charge on any atom is -0.457 e. The molecule has 362 valence electrons. The van der Waals surface area contributed by atoms with Gasteiger partial charge in [-0.25, -0.2) is 0 Å². The monoisotopic (exact) mass is 877 g/mol. The van der Waals surface area contributed by atoms with Gasteiger partial charge in [0.25, 0.3) is 0 Å². The van der Waals surface area contributed by atoms with Gasteiger partial charge in [-0.3, -0.25) is 4.79 Å². The molecule has 1 fully saturated rings. The third-order valence-corrected chi connectivity index (χ3v) is 11.8. The van der Waals surface area contributed by atoms with Crippen molar-refractivity contribution in [3.8, 4) is 0 Å². The minimum atomic E-state index is -1.54. The molecule has 1 aliphatic heterocycles. The van der Waals surface area contributed by atoms with Gasteiger partial charge < -0.3 is 39.4 Å². The van der Waals surface area contributed by atoms with E-state index in [1.807, 2.05) is 0 Å². The summed E-state index contributed by atoms with van der Waals surface area (Å²) in [5.41, 5.74) is 0. The molecule has 0 saturated carbocycles. The van der Waals surface area contributed by atoms with E-state index in [9.17, 15) is 25.2 Å². The van der Waals surface area contributed by atoms with Gasteiger partial charge in [0.2, 0.25) is 0 Å². The summed E-state index contributed by atoms with van der Waals surface area (Å²) in [6, 6.07) is 0.